The molecule has 0 spiro atoms. The number of nitrogens with one attached hydrogen (secondary N) is 1. The second-order valence-corrected chi connectivity index (χ2v) is 8.51. The van der Waals surface area contributed by atoms with Crippen LogP contribution >= 0.6 is 11.3 Å². The van der Waals surface area contributed by atoms with Gasteiger partial charge in [-0.25, -0.2) is 9.78 Å². The zero-order valence-electron chi connectivity index (χ0n) is 17.7. The molecular weight excluding hydrogens is 434 g/mol. The Labute approximate surface area is 195 Å². The summed E-state index contributed by atoms with van der Waals surface area (Å²) in [5.41, 5.74) is 4.28. The number of thiazole rings is 1. The predicted octanol–water partition coefficient (Wildman–Crippen LogP) is 5.52. The Morgan fingerprint density at radius 3 is 2.45 bits per heavy atom. The molecule has 1 aromatic heterocycles. The summed E-state index contributed by atoms with van der Waals surface area (Å²) in [4.78, 5) is 32.3. The van der Waals surface area contributed by atoms with Crippen LogP contribution in [0.5, 0.6) is 0 Å². The number of rotatable bonds is 5. The molecule has 4 aromatic rings. The van der Waals surface area contributed by atoms with Crippen LogP contribution in [0.3, 0.4) is 0 Å². The van der Waals surface area contributed by atoms with Gasteiger partial charge in [0.05, 0.1) is 11.4 Å². The Balaban J connectivity index is 1.33. The number of para-hydroxylation sites is 1. The lowest BCUT2D eigenvalue weighted by molar-refractivity contribution is -0.117. The second kappa shape index (κ2) is 9.26. The topological polar surface area (TPSA) is 71.5 Å². The van der Waals surface area contributed by atoms with Crippen molar-refractivity contribution in [3.63, 3.8) is 0 Å². The molecule has 2 amide bonds. The largest absolute Gasteiger partial charge is 0.444 e. The third-order valence-electron chi connectivity index (χ3n) is 5.48. The number of carbonyl (C=O) groups is 2. The summed E-state index contributed by atoms with van der Waals surface area (Å²) >= 11 is 1.35. The van der Waals surface area contributed by atoms with E-state index in [1.54, 1.807) is 0 Å². The van der Waals surface area contributed by atoms with Crippen molar-refractivity contribution < 1.29 is 14.3 Å². The SMILES string of the molecule is O=C(Nc1nc(-c2ccccc2)cs1)[C@@H]1Cc2ccccc2N1C(=O)OCc1ccccc1. The number of amides is 2. The van der Waals surface area contributed by atoms with Gasteiger partial charge in [0.15, 0.2) is 5.13 Å². The molecule has 0 bridgehead atoms. The highest BCUT2D eigenvalue weighted by Crippen LogP contribution is 2.34. The van der Waals surface area contributed by atoms with Crippen molar-refractivity contribution in [2.75, 3.05) is 10.2 Å². The molecule has 1 aliphatic heterocycles. The van der Waals surface area contributed by atoms with Gasteiger partial charge in [0.2, 0.25) is 5.91 Å². The fraction of sp³-hybridized carbons (Fsp3) is 0.115. The first kappa shape index (κ1) is 20.9. The maximum Gasteiger partial charge on any atom is 0.415 e. The molecule has 1 atom stereocenters. The smallest absolute Gasteiger partial charge is 0.415 e. The minimum absolute atomic E-state index is 0.138. The molecule has 1 N–H and O–H groups in total. The van der Waals surface area contributed by atoms with Crippen LogP contribution in [0.15, 0.2) is 90.3 Å². The fourth-order valence-corrected chi connectivity index (χ4v) is 4.59. The molecular formula is C26H21N3O3S. The highest BCUT2D eigenvalue weighted by molar-refractivity contribution is 7.14. The van der Waals surface area contributed by atoms with Crippen LogP contribution < -0.4 is 10.2 Å². The number of aromatic nitrogens is 1. The lowest BCUT2D eigenvalue weighted by Gasteiger charge is -2.24. The Morgan fingerprint density at radius 1 is 0.970 bits per heavy atom. The average molecular weight is 456 g/mol. The summed E-state index contributed by atoms with van der Waals surface area (Å²) in [5, 5.41) is 5.28. The molecule has 164 valence electrons. The van der Waals surface area contributed by atoms with Gasteiger partial charge >= 0.3 is 6.09 Å². The van der Waals surface area contributed by atoms with Gasteiger partial charge in [-0.05, 0) is 17.2 Å². The van der Waals surface area contributed by atoms with Gasteiger partial charge in [-0.15, -0.1) is 11.3 Å². The number of ether oxygens (including phenoxy) is 1. The molecule has 0 fully saturated rings. The molecule has 0 saturated carbocycles. The summed E-state index contributed by atoms with van der Waals surface area (Å²) in [6.07, 6.45) is -0.132. The third kappa shape index (κ3) is 4.49. The lowest BCUT2D eigenvalue weighted by atomic mass is 10.1. The van der Waals surface area contributed by atoms with Crippen molar-refractivity contribution in [1.82, 2.24) is 4.98 Å². The average Bonchev–Trinajstić information content (AvgIpc) is 3.49. The van der Waals surface area contributed by atoms with Crippen LogP contribution in [-0.2, 0) is 22.6 Å². The highest BCUT2D eigenvalue weighted by Gasteiger charge is 2.39. The van der Waals surface area contributed by atoms with E-state index in [0.717, 1.165) is 22.4 Å². The van der Waals surface area contributed by atoms with Gasteiger partial charge < -0.3 is 10.1 Å². The standard InChI is InChI=1S/C26H21N3O3S/c30-24(28-25-27-21(17-33-25)19-11-5-2-6-12-19)23-15-20-13-7-8-14-22(20)29(23)26(31)32-16-18-9-3-1-4-10-18/h1-14,17,23H,15-16H2,(H,27,28,30)/t23-/m0/s1. The van der Waals surface area contributed by atoms with Crippen molar-refractivity contribution in [2.45, 2.75) is 19.1 Å². The number of nitrogens with zero attached hydrogens (tertiary/aromatic N) is 2. The van der Waals surface area contributed by atoms with E-state index in [0.29, 0.717) is 17.2 Å². The molecule has 6 nitrogen and oxygen atoms in total. The summed E-state index contributed by atoms with van der Waals surface area (Å²) in [6, 6.07) is 26.1. The maximum absolute atomic E-state index is 13.2. The molecule has 1 aliphatic rings. The highest BCUT2D eigenvalue weighted by atomic mass is 32.1. The van der Waals surface area contributed by atoms with Gasteiger partial charge in [-0.1, -0.05) is 78.9 Å². The van der Waals surface area contributed by atoms with Crippen molar-refractivity contribution in [2.24, 2.45) is 0 Å². The van der Waals surface area contributed by atoms with Crippen molar-refractivity contribution in [1.29, 1.82) is 0 Å². The molecule has 0 radical (unpaired) electrons. The zero-order chi connectivity index (χ0) is 22.6. The summed E-state index contributed by atoms with van der Waals surface area (Å²) < 4.78 is 5.56. The second-order valence-electron chi connectivity index (χ2n) is 7.65. The Bertz CT molecular complexity index is 1270. The first-order valence-electron chi connectivity index (χ1n) is 10.6. The van der Waals surface area contributed by atoms with Gasteiger partial charge in [0.1, 0.15) is 12.6 Å². The Kier molecular flexibility index (Phi) is 5.87. The molecule has 0 aliphatic carbocycles. The number of hydrogen-bond donors (Lipinski definition) is 1. The maximum atomic E-state index is 13.2. The van der Waals surface area contributed by atoms with Crippen LogP contribution in [-0.4, -0.2) is 23.0 Å². The van der Waals surface area contributed by atoms with E-state index < -0.39 is 12.1 Å². The van der Waals surface area contributed by atoms with Gasteiger partial charge in [0.25, 0.3) is 0 Å². The Morgan fingerprint density at radius 2 is 1.67 bits per heavy atom. The summed E-state index contributed by atoms with van der Waals surface area (Å²) in [5.74, 6) is -0.295. The van der Waals surface area contributed by atoms with Gasteiger partial charge in [-0.2, -0.15) is 0 Å². The normalized spacial score (nSPS) is 14.5. The molecule has 2 heterocycles. The third-order valence-corrected chi connectivity index (χ3v) is 6.24. The number of carbonyl (C=O) groups excluding carboxylic acids is 2. The molecule has 5 rings (SSSR count). The molecule has 7 heteroatoms. The van der Waals surface area contributed by atoms with E-state index in [2.05, 4.69) is 10.3 Å². The number of anilines is 2. The van der Waals surface area contributed by atoms with E-state index in [9.17, 15) is 9.59 Å². The van der Waals surface area contributed by atoms with Crippen LogP contribution in [0.2, 0.25) is 0 Å². The van der Waals surface area contributed by atoms with E-state index in [-0.39, 0.29) is 12.5 Å². The van der Waals surface area contributed by atoms with Crippen LogP contribution in [0.25, 0.3) is 11.3 Å². The predicted molar refractivity (Wildman–Crippen MR) is 129 cm³/mol. The first-order valence-corrected chi connectivity index (χ1v) is 11.5. The summed E-state index contributed by atoms with van der Waals surface area (Å²) in [6.45, 7) is 0.138. The quantitative estimate of drug-likeness (QED) is 0.430. The first-order chi connectivity index (χ1) is 16.2. The monoisotopic (exact) mass is 455 g/mol. The van der Waals surface area contributed by atoms with E-state index in [1.807, 2.05) is 90.3 Å². The molecule has 0 unspecified atom stereocenters. The van der Waals surface area contributed by atoms with Crippen molar-refractivity contribution >= 4 is 34.2 Å². The van der Waals surface area contributed by atoms with Crippen molar-refractivity contribution in [3.8, 4) is 11.3 Å². The van der Waals surface area contributed by atoms with Gasteiger partial charge in [0, 0.05) is 17.4 Å². The van der Waals surface area contributed by atoms with Gasteiger partial charge in [-0.3, -0.25) is 9.69 Å². The minimum Gasteiger partial charge on any atom is -0.444 e. The summed E-state index contributed by atoms with van der Waals surface area (Å²) in [7, 11) is 0. The van der Waals surface area contributed by atoms with E-state index >= 15 is 0 Å². The molecule has 3 aromatic carbocycles. The van der Waals surface area contributed by atoms with E-state index in [1.165, 1.54) is 16.2 Å². The van der Waals surface area contributed by atoms with Crippen LogP contribution in [0, 0.1) is 0 Å². The van der Waals surface area contributed by atoms with Crippen LogP contribution in [0.4, 0.5) is 15.6 Å². The molecule has 33 heavy (non-hydrogen) atoms. The van der Waals surface area contributed by atoms with E-state index in [4.69, 9.17) is 4.74 Å². The lowest BCUT2D eigenvalue weighted by Crippen LogP contribution is -2.45. The number of benzene rings is 3. The zero-order valence-corrected chi connectivity index (χ0v) is 18.5. The Hall–Kier alpha value is -3.97. The van der Waals surface area contributed by atoms with Crippen molar-refractivity contribution in [3.05, 3.63) is 101 Å². The fourth-order valence-electron chi connectivity index (χ4n) is 3.87. The number of hydrogen-bond acceptors (Lipinski definition) is 5. The minimum atomic E-state index is -0.713. The number of fused-ring (bicyclic) bond motifs is 1. The molecule has 0 saturated heterocycles. The van der Waals surface area contributed by atoms with Crippen LogP contribution in [0.1, 0.15) is 11.1 Å².